The summed E-state index contributed by atoms with van der Waals surface area (Å²) in [6.07, 6.45) is 0.840. The highest BCUT2D eigenvalue weighted by molar-refractivity contribution is 7.27. The largest absolute Gasteiger partial charge is 0.323 e. The molecule has 0 saturated carbocycles. The Morgan fingerprint density at radius 3 is 2.94 bits per heavy atom. The van der Waals surface area contributed by atoms with Gasteiger partial charge in [-0.2, -0.15) is 0 Å². The summed E-state index contributed by atoms with van der Waals surface area (Å²) in [6.45, 7) is 2.02. The maximum atomic E-state index is 6.24. The van der Waals surface area contributed by atoms with Gasteiger partial charge in [0.1, 0.15) is 0 Å². The van der Waals surface area contributed by atoms with E-state index in [-0.39, 0.29) is 6.04 Å². The highest BCUT2D eigenvalue weighted by Gasteiger charge is 2.13. The average Bonchev–Trinajstić information content (AvgIpc) is 2.92. The van der Waals surface area contributed by atoms with Crippen molar-refractivity contribution < 1.29 is 0 Å². The van der Waals surface area contributed by atoms with E-state index in [1.807, 2.05) is 6.92 Å². The third-order valence-electron chi connectivity index (χ3n) is 2.58. The van der Waals surface area contributed by atoms with Crippen molar-refractivity contribution in [2.75, 3.05) is 0 Å². The topological polar surface area (TPSA) is 38.9 Å². The average molecular weight is 280 g/mol. The van der Waals surface area contributed by atoms with Crippen LogP contribution in [0.2, 0.25) is 0 Å². The molecular formula is C12H12N2S3. The van der Waals surface area contributed by atoms with Crippen LogP contribution in [0.1, 0.15) is 21.6 Å². The van der Waals surface area contributed by atoms with E-state index in [9.17, 15) is 0 Å². The maximum absolute atomic E-state index is 6.24. The van der Waals surface area contributed by atoms with Gasteiger partial charge in [0, 0.05) is 37.8 Å². The van der Waals surface area contributed by atoms with E-state index in [0.29, 0.717) is 0 Å². The van der Waals surface area contributed by atoms with Gasteiger partial charge in [0.25, 0.3) is 0 Å². The molecule has 5 heteroatoms. The summed E-state index contributed by atoms with van der Waals surface area (Å²) in [6, 6.07) is 4.45. The summed E-state index contributed by atoms with van der Waals surface area (Å²) in [7, 11) is 0. The molecule has 0 aromatic carbocycles. The van der Waals surface area contributed by atoms with Crippen LogP contribution in [0.5, 0.6) is 0 Å². The minimum absolute atomic E-state index is 0.0742. The van der Waals surface area contributed by atoms with Crippen LogP contribution in [-0.4, -0.2) is 4.98 Å². The van der Waals surface area contributed by atoms with E-state index in [2.05, 4.69) is 27.9 Å². The monoisotopic (exact) mass is 280 g/mol. The minimum atomic E-state index is 0.0742. The fraction of sp³-hybridized carbons (Fsp3) is 0.250. The lowest BCUT2D eigenvalue weighted by Gasteiger charge is -2.06. The van der Waals surface area contributed by atoms with Gasteiger partial charge in [-0.1, -0.05) is 0 Å². The van der Waals surface area contributed by atoms with Gasteiger partial charge in [0.05, 0.1) is 5.01 Å². The molecule has 0 saturated heterocycles. The number of hydrogen-bond donors (Lipinski definition) is 1. The zero-order valence-corrected chi connectivity index (χ0v) is 11.8. The van der Waals surface area contributed by atoms with Crippen LogP contribution in [0.25, 0.3) is 9.40 Å². The van der Waals surface area contributed by atoms with E-state index in [1.54, 1.807) is 34.0 Å². The number of rotatable bonds is 3. The molecule has 3 aromatic rings. The van der Waals surface area contributed by atoms with Gasteiger partial charge >= 0.3 is 0 Å². The van der Waals surface area contributed by atoms with Crippen LogP contribution in [0.4, 0.5) is 0 Å². The van der Waals surface area contributed by atoms with Crippen molar-refractivity contribution in [1.82, 2.24) is 4.98 Å². The predicted octanol–water partition coefficient (Wildman–Crippen LogP) is 3.97. The van der Waals surface area contributed by atoms with Crippen molar-refractivity contribution in [3.8, 4) is 0 Å². The quantitative estimate of drug-likeness (QED) is 0.788. The molecule has 0 spiro atoms. The van der Waals surface area contributed by atoms with E-state index in [0.717, 1.165) is 17.1 Å². The highest BCUT2D eigenvalue weighted by Crippen LogP contribution is 2.33. The number of hydrogen-bond acceptors (Lipinski definition) is 5. The van der Waals surface area contributed by atoms with Crippen LogP contribution < -0.4 is 5.73 Å². The number of aromatic nitrogens is 1. The molecule has 2 N–H and O–H groups in total. The third kappa shape index (κ3) is 2.28. The fourth-order valence-electron chi connectivity index (χ4n) is 1.75. The van der Waals surface area contributed by atoms with Crippen molar-refractivity contribution in [3.05, 3.63) is 38.5 Å². The molecule has 0 fully saturated rings. The Balaban J connectivity index is 1.82. The van der Waals surface area contributed by atoms with E-state index >= 15 is 0 Å². The molecule has 0 amide bonds. The first-order chi connectivity index (χ1) is 8.22. The molecule has 0 aliphatic rings. The lowest BCUT2D eigenvalue weighted by Crippen LogP contribution is -2.11. The maximum Gasteiger partial charge on any atom is 0.0947 e. The SMILES string of the molecule is Cc1csc(CC(N)c2cc3sccc3s2)n1. The summed E-state index contributed by atoms with van der Waals surface area (Å²) in [4.78, 5) is 5.73. The molecule has 0 aliphatic carbocycles. The van der Waals surface area contributed by atoms with Gasteiger partial charge in [-0.05, 0) is 24.4 Å². The first kappa shape index (κ1) is 11.3. The van der Waals surface area contributed by atoms with Crippen LogP contribution in [-0.2, 0) is 6.42 Å². The van der Waals surface area contributed by atoms with Crippen LogP contribution in [0, 0.1) is 6.92 Å². The molecule has 1 atom stereocenters. The summed E-state index contributed by atoms with van der Waals surface area (Å²) in [5.74, 6) is 0. The van der Waals surface area contributed by atoms with Crippen molar-refractivity contribution in [2.45, 2.75) is 19.4 Å². The Labute approximate surface area is 112 Å². The van der Waals surface area contributed by atoms with Crippen molar-refractivity contribution in [1.29, 1.82) is 0 Å². The van der Waals surface area contributed by atoms with Crippen molar-refractivity contribution >= 4 is 43.4 Å². The smallest absolute Gasteiger partial charge is 0.0947 e. The zero-order chi connectivity index (χ0) is 11.8. The molecule has 3 aromatic heterocycles. The van der Waals surface area contributed by atoms with Crippen molar-refractivity contribution in [2.24, 2.45) is 5.73 Å². The Bertz CT molecular complexity index is 606. The van der Waals surface area contributed by atoms with Crippen LogP contribution in [0.15, 0.2) is 22.9 Å². The van der Waals surface area contributed by atoms with Gasteiger partial charge in [0.15, 0.2) is 0 Å². The minimum Gasteiger partial charge on any atom is -0.323 e. The van der Waals surface area contributed by atoms with Gasteiger partial charge < -0.3 is 5.73 Å². The molecule has 0 radical (unpaired) electrons. The highest BCUT2D eigenvalue weighted by atomic mass is 32.1. The molecular weight excluding hydrogens is 268 g/mol. The molecule has 0 bridgehead atoms. The number of fused-ring (bicyclic) bond motifs is 1. The third-order valence-corrected chi connectivity index (χ3v) is 5.80. The normalized spacial score (nSPS) is 13.3. The predicted molar refractivity (Wildman–Crippen MR) is 77.2 cm³/mol. The summed E-state index contributed by atoms with van der Waals surface area (Å²) >= 11 is 5.28. The van der Waals surface area contributed by atoms with E-state index in [1.165, 1.54) is 14.3 Å². The van der Waals surface area contributed by atoms with E-state index < -0.39 is 0 Å². The number of aryl methyl sites for hydroxylation is 1. The summed E-state index contributed by atoms with van der Waals surface area (Å²) in [5, 5.41) is 5.34. The Hall–Kier alpha value is -0.750. The first-order valence-corrected chi connectivity index (χ1v) is 7.93. The second-order valence-electron chi connectivity index (χ2n) is 3.99. The van der Waals surface area contributed by atoms with Crippen LogP contribution in [0.3, 0.4) is 0 Å². The van der Waals surface area contributed by atoms with Gasteiger partial charge in [-0.25, -0.2) is 4.98 Å². The molecule has 3 heterocycles. The first-order valence-electron chi connectivity index (χ1n) is 5.36. The number of nitrogens with zero attached hydrogens (tertiary/aromatic N) is 1. The molecule has 17 heavy (non-hydrogen) atoms. The van der Waals surface area contributed by atoms with Gasteiger partial charge in [-0.15, -0.1) is 34.0 Å². The molecule has 0 aliphatic heterocycles. The Kier molecular flexibility index (Phi) is 3.00. The van der Waals surface area contributed by atoms with Gasteiger partial charge in [0.2, 0.25) is 0 Å². The molecule has 1 unspecified atom stereocenters. The van der Waals surface area contributed by atoms with Crippen molar-refractivity contribution in [3.63, 3.8) is 0 Å². The van der Waals surface area contributed by atoms with E-state index in [4.69, 9.17) is 5.73 Å². The Morgan fingerprint density at radius 2 is 2.24 bits per heavy atom. The standard InChI is InChI=1S/C12H12N2S3/c1-7-6-16-12(14-7)4-8(13)10-5-11-9(17-10)2-3-15-11/h2-3,5-6,8H,4,13H2,1H3. The number of nitrogens with two attached hydrogens (primary N) is 1. The number of thiophene rings is 2. The molecule has 2 nitrogen and oxygen atoms in total. The zero-order valence-electron chi connectivity index (χ0n) is 9.34. The Morgan fingerprint density at radius 1 is 1.35 bits per heavy atom. The second-order valence-corrected chi connectivity index (χ2v) is 7.00. The lowest BCUT2D eigenvalue weighted by atomic mass is 10.2. The second kappa shape index (κ2) is 4.49. The number of thiazole rings is 1. The summed E-state index contributed by atoms with van der Waals surface area (Å²) in [5.41, 5.74) is 7.33. The van der Waals surface area contributed by atoms with Gasteiger partial charge in [-0.3, -0.25) is 0 Å². The lowest BCUT2D eigenvalue weighted by molar-refractivity contribution is 0.731. The fourth-order valence-corrected chi connectivity index (χ4v) is 4.71. The molecule has 88 valence electrons. The van der Waals surface area contributed by atoms with Crippen LogP contribution >= 0.6 is 34.0 Å². The summed E-state index contributed by atoms with van der Waals surface area (Å²) < 4.78 is 2.69. The molecule has 3 rings (SSSR count).